The molecule has 0 spiro atoms. The Morgan fingerprint density at radius 1 is 1.31 bits per heavy atom. The van der Waals surface area contributed by atoms with Gasteiger partial charge in [0.25, 0.3) is 5.91 Å². The Labute approximate surface area is 203 Å². The molecule has 1 atom stereocenters. The van der Waals surface area contributed by atoms with Crippen LogP contribution in [0.15, 0.2) is 35.4 Å². The van der Waals surface area contributed by atoms with Crippen LogP contribution in [0.4, 0.5) is 8.78 Å². The number of fused-ring (bicyclic) bond motifs is 1. The topological polar surface area (TPSA) is 105 Å². The highest BCUT2D eigenvalue weighted by Gasteiger charge is 2.39. The molecule has 1 aliphatic heterocycles. The number of hydrogen-bond donors (Lipinski definition) is 2. The van der Waals surface area contributed by atoms with Crippen LogP contribution >= 0.6 is 11.3 Å². The average Bonchev–Trinajstić information content (AvgIpc) is 3.26. The molecule has 2 amide bonds. The van der Waals surface area contributed by atoms with Gasteiger partial charge in [-0.05, 0) is 32.4 Å². The van der Waals surface area contributed by atoms with Gasteiger partial charge in [0.2, 0.25) is 11.3 Å². The minimum atomic E-state index is -0.858. The first kappa shape index (κ1) is 24.5. The maximum absolute atomic E-state index is 14.1. The molecule has 1 unspecified atom stereocenters. The summed E-state index contributed by atoms with van der Waals surface area (Å²) in [7, 11) is 0. The first-order chi connectivity index (χ1) is 16.6. The molecule has 0 saturated carbocycles. The molecule has 0 radical (unpaired) electrons. The van der Waals surface area contributed by atoms with E-state index in [9.17, 15) is 28.3 Å². The lowest BCUT2D eigenvalue weighted by Gasteiger charge is -2.37. The Kier molecular flexibility index (Phi) is 6.70. The fraction of sp³-hybridized carbons (Fsp3) is 0.333. The first-order valence-corrected chi connectivity index (χ1v) is 11.9. The largest absolute Gasteiger partial charge is 0.503 e. The molecule has 3 aromatic rings. The molecule has 2 N–H and O–H groups in total. The van der Waals surface area contributed by atoms with Gasteiger partial charge < -0.3 is 19.9 Å². The number of nitrogens with zero attached hydrogens (tertiary/aromatic N) is 3. The predicted octanol–water partition coefficient (Wildman–Crippen LogP) is 3.09. The third-order valence-electron chi connectivity index (χ3n) is 5.82. The van der Waals surface area contributed by atoms with E-state index in [2.05, 4.69) is 10.3 Å². The number of carbonyl (C=O) groups is 2. The van der Waals surface area contributed by atoms with Crippen molar-refractivity contribution in [3.63, 3.8) is 0 Å². The van der Waals surface area contributed by atoms with Gasteiger partial charge in [-0.25, -0.2) is 13.8 Å². The van der Waals surface area contributed by atoms with Crippen molar-refractivity contribution in [2.75, 3.05) is 13.1 Å². The Balaban J connectivity index is 1.78. The Morgan fingerprint density at radius 3 is 2.71 bits per heavy atom. The predicted molar refractivity (Wildman–Crippen MR) is 127 cm³/mol. The Morgan fingerprint density at radius 2 is 2.06 bits per heavy atom. The van der Waals surface area contributed by atoms with Gasteiger partial charge in [-0.3, -0.25) is 14.4 Å². The summed E-state index contributed by atoms with van der Waals surface area (Å²) in [6.45, 7) is 5.78. The average molecular weight is 503 g/mol. The van der Waals surface area contributed by atoms with Crippen molar-refractivity contribution < 1.29 is 23.5 Å². The highest BCUT2D eigenvalue weighted by molar-refractivity contribution is 7.15. The van der Waals surface area contributed by atoms with Crippen molar-refractivity contribution in [2.24, 2.45) is 0 Å². The number of rotatable bonds is 6. The molecule has 0 aliphatic carbocycles. The maximum Gasteiger partial charge on any atom is 0.274 e. The number of carbonyl (C=O) groups excluding carboxylic acids is 2. The maximum atomic E-state index is 14.1. The molecule has 8 nitrogen and oxygen atoms in total. The molecule has 184 valence electrons. The van der Waals surface area contributed by atoms with Gasteiger partial charge in [0.05, 0.1) is 12.1 Å². The number of nitrogens with one attached hydrogen (secondary N) is 1. The second kappa shape index (κ2) is 9.57. The lowest BCUT2D eigenvalue weighted by Crippen LogP contribution is -2.51. The highest BCUT2D eigenvalue weighted by atomic mass is 32.1. The quantitative estimate of drug-likeness (QED) is 0.539. The van der Waals surface area contributed by atoms with Crippen LogP contribution in [0.25, 0.3) is 10.6 Å². The number of halogens is 2. The van der Waals surface area contributed by atoms with Crippen LogP contribution in [0, 0.1) is 11.6 Å². The first-order valence-electron chi connectivity index (χ1n) is 11.1. The van der Waals surface area contributed by atoms with Crippen LogP contribution in [0.3, 0.4) is 0 Å². The third kappa shape index (κ3) is 4.55. The smallest absolute Gasteiger partial charge is 0.274 e. The Hall–Kier alpha value is -3.60. The molecule has 35 heavy (non-hydrogen) atoms. The van der Waals surface area contributed by atoms with Gasteiger partial charge in [-0.15, -0.1) is 11.3 Å². The van der Waals surface area contributed by atoms with Gasteiger partial charge in [-0.2, -0.15) is 0 Å². The van der Waals surface area contributed by atoms with E-state index in [1.165, 1.54) is 27.9 Å². The van der Waals surface area contributed by atoms with E-state index in [0.29, 0.717) is 11.4 Å². The fourth-order valence-electron chi connectivity index (χ4n) is 4.04. The number of pyridine rings is 1. The molecule has 11 heteroatoms. The van der Waals surface area contributed by atoms with Crippen molar-refractivity contribution in [1.29, 1.82) is 0 Å². The van der Waals surface area contributed by atoms with E-state index in [1.807, 2.05) is 0 Å². The SMILES string of the molecule is CCNC(=O)C1CN(C(C)C)C(=O)c2c(O)c(=O)c(-c3ncc(Cc4ccc(F)cc4F)s3)cn21. The summed E-state index contributed by atoms with van der Waals surface area (Å²) < 4.78 is 28.6. The van der Waals surface area contributed by atoms with E-state index in [4.69, 9.17) is 0 Å². The van der Waals surface area contributed by atoms with Crippen molar-refractivity contribution in [3.8, 4) is 16.3 Å². The molecule has 1 aromatic carbocycles. The Bertz CT molecular complexity index is 1370. The summed E-state index contributed by atoms with van der Waals surface area (Å²) >= 11 is 1.10. The van der Waals surface area contributed by atoms with Gasteiger partial charge in [0.1, 0.15) is 22.7 Å². The molecule has 1 aliphatic rings. The summed E-state index contributed by atoms with van der Waals surface area (Å²) in [5.74, 6) is -3.03. The number of benzene rings is 1. The van der Waals surface area contributed by atoms with Gasteiger partial charge in [-0.1, -0.05) is 6.07 Å². The van der Waals surface area contributed by atoms with E-state index < -0.39 is 34.8 Å². The van der Waals surface area contributed by atoms with Crippen LogP contribution in [0.2, 0.25) is 0 Å². The molecule has 3 heterocycles. The lowest BCUT2D eigenvalue weighted by atomic mass is 10.1. The third-order valence-corrected chi connectivity index (χ3v) is 6.85. The van der Waals surface area contributed by atoms with E-state index in [-0.39, 0.29) is 46.7 Å². The van der Waals surface area contributed by atoms with Crippen LogP contribution in [0.5, 0.6) is 5.75 Å². The summed E-state index contributed by atoms with van der Waals surface area (Å²) in [5, 5.41) is 13.7. The summed E-state index contributed by atoms with van der Waals surface area (Å²) in [4.78, 5) is 45.3. The zero-order chi connectivity index (χ0) is 25.4. The number of hydrogen-bond acceptors (Lipinski definition) is 6. The van der Waals surface area contributed by atoms with Crippen LogP contribution in [-0.2, 0) is 11.2 Å². The monoisotopic (exact) mass is 502 g/mol. The normalized spacial score (nSPS) is 15.4. The molecular formula is C24H24F2N4O4S. The number of aromatic hydroxyl groups is 1. The summed E-state index contributed by atoms with van der Waals surface area (Å²) in [5.41, 5.74) is -0.761. The summed E-state index contributed by atoms with van der Waals surface area (Å²) in [6, 6.07) is 2.18. The van der Waals surface area contributed by atoms with Crippen LogP contribution < -0.4 is 10.7 Å². The second-order valence-corrected chi connectivity index (χ2v) is 9.60. The minimum absolute atomic E-state index is 0.0159. The zero-order valence-corrected chi connectivity index (χ0v) is 20.2. The number of likely N-dealkylation sites (N-methyl/N-ethyl adjacent to an activating group) is 1. The molecule has 0 bridgehead atoms. The number of amides is 2. The van der Waals surface area contributed by atoms with Crippen molar-refractivity contribution in [2.45, 2.75) is 39.3 Å². The molecule has 4 rings (SSSR count). The minimum Gasteiger partial charge on any atom is -0.503 e. The van der Waals surface area contributed by atoms with E-state index >= 15 is 0 Å². The van der Waals surface area contributed by atoms with Gasteiger partial charge in [0, 0.05) is 42.3 Å². The second-order valence-electron chi connectivity index (χ2n) is 8.48. The van der Waals surface area contributed by atoms with Crippen LogP contribution in [0.1, 0.15) is 47.7 Å². The van der Waals surface area contributed by atoms with Gasteiger partial charge >= 0.3 is 0 Å². The molecule has 2 aromatic heterocycles. The van der Waals surface area contributed by atoms with E-state index in [0.717, 1.165) is 23.5 Å². The molecular weight excluding hydrogens is 478 g/mol. The van der Waals surface area contributed by atoms with Gasteiger partial charge in [0.15, 0.2) is 11.4 Å². The molecule has 0 saturated heterocycles. The zero-order valence-electron chi connectivity index (χ0n) is 19.3. The van der Waals surface area contributed by atoms with Crippen molar-refractivity contribution in [3.05, 3.63) is 68.6 Å². The standard InChI is InChI=1S/C24H24F2N4O4S/c1-4-27-22(33)18-11-29(12(2)3)24(34)19-21(32)20(31)16(10-30(18)19)23-28-9-15(35-23)7-13-5-6-14(25)8-17(13)26/h5-6,8-10,12,18,32H,4,7,11H2,1-3H3,(H,27,33). The number of thiazole rings is 1. The fourth-order valence-corrected chi connectivity index (χ4v) is 4.98. The highest BCUT2D eigenvalue weighted by Crippen LogP contribution is 2.32. The van der Waals surface area contributed by atoms with Crippen molar-refractivity contribution >= 4 is 23.2 Å². The number of aromatic nitrogens is 2. The van der Waals surface area contributed by atoms with Crippen molar-refractivity contribution in [1.82, 2.24) is 19.8 Å². The lowest BCUT2D eigenvalue weighted by molar-refractivity contribution is -0.125. The summed E-state index contributed by atoms with van der Waals surface area (Å²) in [6.07, 6.45) is 2.97. The molecule has 0 fully saturated rings. The van der Waals surface area contributed by atoms with Crippen LogP contribution in [-0.4, -0.2) is 50.5 Å². The van der Waals surface area contributed by atoms with E-state index in [1.54, 1.807) is 20.8 Å².